The van der Waals surface area contributed by atoms with Crippen LogP contribution in [0.2, 0.25) is 0 Å². The van der Waals surface area contributed by atoms with Gasteiger partial charge < -0.3 is 9.47 Å². The quantitative estimate of drug-likeness (QED) is 0.0499. The van der Waals surface area contributed by atoms with Gasteiger partial charge in [-0.3, -0.25) is 0 Å². The maximum atomic E-state index is 7.62. The van der Waals surface area contributed by atoms with Crippen LogP contribution in [0, 0.1) is 13.8 Å². The number of hydrogen-bond acceptors (Lipinski definition) is 2. The molecule has 1 aliphatic carbocycles. The molecule has 3 atom stereocenters. The molecule has 412 valence electrons. The van der Waals surface area contributed by atoms with Crippen LogP contribution in [0.15, 0.2) is 206 Å². The molecule has 6 heteroatoms. The molecule has 4 nitrogen and oxygen atoms in total. The first kappa shape index (κ1) is 55.1. The Kier molecular flexibility index (Phi) is 16.7. The highest BCUT2D eigenvalue weighted by atomic mass is 31.2. The minimum Gasteiger partial charge on any atom is -0.340 e. The SMILES string of the molecule is CCCCC(CCCC)c1cc(C)c2c(c1)C=[N+]1C3CCCCC3[N+]3=Cc4cc(C(CCC[P+](c5ccccc5)(c5ccccc5)c5ccccc5)CCC[P+](c5ccccc5)(c5ccccc5)c5ccccc5)cc(C)c4OC13O2. The van der Waals surface area contributed by atoms with Gasteiger partial charge in [-0.05, 0) is 184 Å². The Hall–Kier alpha value is -6.44. The monoisotopic (exact) mass is 1110 g/mol. The van der Waals surface area contributed by atoms with Crippen molar-refractivity contribution in [3.05, 3.63) is 240 Å². The van der Waals surface area contributed by atoms with Crippen LogP contribution in [-0.4, -0.2) is 52.0 Å². The molecule has 8 aromatic carbocycles. The van der Waals surface area contributed by atoms with Gasteiger partial charge in [0.25, 0.3) is 0 Å². The highest BCUT2D eigenvalue weighted by Gasteiger charge is 2.76. The minimum absolute atomic E-state index is 0.288. The molecule has 2 fully saturated rings. The molecule has 4 aliphatic rings. The Balaban J connectivity index is 0.936. The van der Waals surface area contributed by atoms with Crippen molar-refractivity contribution in [1.29, 1.82) is 0 Å². The fraction of sp³-hybridized carbons (Fsp3) is 0.333. The summed E-state index contributed by atoms with van der Waals surface area (Å²) in [5.74, 6) is 2.82. The smallest absolute Gasteiger partial charge is 0.340 e. The van der Waals surface area contributed by atoms with E-state index in [0.717, 1.165) is 62.3 Å². The first-order valence-corrected chi connectivity index (χ1v) is 34.8. The average Bonchev–Trinajstić information content (AvgIpc) is 2.68. The largest absolute Gasteiger partial charge is 0.704 e. The number of nitrogens with zero attached hydrogens (tertiary/aromatic N) is 2. The Morgan fingerprint density at radius 1 is 0.420 bits per heavy atom. The second-order valence-electron chi connectivity index (χ2n) is 23.8. The van der Waals surface area contributed by atoms with Crippen LogP contribution < -0.4 is 41.3 Å². The predicted octanol–water partition coefficient (Wildman–Crippen LogP) is 15.7. The van der Waals surface area contributed by atoms with Crippen LogP contribution >= 0.6 is 14.5 Å². The second-order valence-corrected chi connectivity index (χ2v) is 31.0. The van der Waals surface area contributed by atoms with Gasteiger partial charge in [0.15, 0.2) is 23.9 Å². The third-order valence-electron chi connectivity index (χ3n) is 18.8. The van der Waals surface area contributed by atoms with Crippen molar-refractivity contribution in [2.75, 3.05) is 12.3 Å². The highest BCUT2D eigenvalue weighted by molar-refractivity contribution is 7.96. The fourth-order valence-electron chi connectivity index (χ4n) is 14.8. The van der Waals surface area contributed by atoms with Crippen LogP contribution in [0.4, 0.5) is 0 Å². The summed E-state index contributed by atoms with van der Waals surface area (Å²) in [4.78, 5) is 0. The normalized spacial score (nSPS) is 18.1. The Morgan fingerprint density at radius 3 is 1.01 bits per heavy atom. The minimum atomic E-state index is -2.04. The molecule has 3 unspecified atom stereocenters. The van der Waals surface area contributed by atoms with E-state index in [2.05, 4.69) is 256 Å². The van der Waals surface area contributed by atoms with E-state index < -0.39 is 20.6 Å². The van der Waals surface area contributed by atoms with Crippen LogP contribution in [0.5, 0.6) is 11.5 Å². The molecule has 0 radical (unpaired) electrons. The van der Waals surface area contributed by atoms with Crippen LogP contribution in [0.25, 0.3) is 0 Å². The summed E-state index contributed by atoms with van der Waals surface area (Å²) in [6, 6.07) is 78.4. The van der Waals surface area contributed by atoms with E-state index in [0.29, 0.717) is 17.9 Å². The summed E-state index contributed by atoms with van der Waals surface area (Å²) in [6.45, 7) is 9.21. The number of hydrogen-bond donors (Lipinski definition) is 0. The zero-order chi connectivity index (χ0) is 55.2. The number of rotatable bonds is 22. The van der Waals surface area contributed by atoms with E-state index >= 15 is 0 Å². The molecular weight excluding hydrogens is 1020 g/mol. The summed E-state index contributed by atoms with van der Waals surface area (Å²) in [6.07, 6.45) is 23.6. The first-order valence-electron chi connectivity index (χ1n) is 30.9. The van der Waals surface area contributed by atoms with Gasteiger partial charge in [-0.1, -0.05) is 170 Å². The lowest BCUT2D eigenvalue weighted by Crippen LogP contribution is -2.60. The van der Waals surface area contributed by atoms with Crippen LogP contribution in [-0.2, 0) is 0 Å². The van der Waals surface area contributed by atoms with Gasteiger partial charge in [-0.25, -0.2) is 0 Å². The topological polar surface area (TPSA) is 24.5 Å². The number of aryl methyl sites for hydroxylation is 2. The number of benzene rings is 8. The van der Waals surface area contributed by atoms with Gasteiger partial charge in [0.1, 0.15) is 46.4 Å². The second kappa shape index (κ2) is 24.6. The molecule has 0 amide bonds. The maximum absolute atomic E-state index is 7.62. The number of fused-ring (bicyclic) bond motifs is 5. The summed E-state index contributed by atoms with van der Waals surface area (Å²) in [5.41, 5.74) is 7.68. The third kappa shape index (κ3) is 10.6. The molecule has 1 saturated heterocycles. The van der Waals surface area contributed by atoms with E-state index in [1.165, 1.54) is 117 Å². The van der Waals surface area contributed by atoms with Gasteiger partial charge in [-0.15, -0.1) is 0 Å². The van der Waals surface area contributed by atoms with Gasteiger partial charge in [0, 0.05) is 12.8 Å². The van der Waals surface area contributed by atoms with Crippen molar-refractivity contribution in [3.8, 4) is 11.5 Å². The molecule has 8 aromatic rings. The average molecular weight is 1110 g/mol. The molecule has 0 aromatic heterocycles. The van der Waals surface area contributed by atoms with Crippen LogP contribution in [0.3, 0.4) is 0 Å². The lowest BCUT2D eigenvalue weighted by molar-refractivity contribution is -0.866. The van der Waals surface area contributed by atoms with Crippen molar-refractivity contribution in [1.82, 2.24) is 0 Å². The lowest BCUT2D eigenvalue weighted by atomic mass is 9.87. The summed E-state index contributed by atoms with van der Waals surface area (Å²) in [7, 11) is -4.07. The third-order valence-corrected chi connectivity index (χ3v) is 27.8. The zero-order valence-corrected chi connectivity index (χ0v) is 50.3. The molecular formula is C75H84N2O2P2+4. The standard InChI is InChI=1S/C75H84N2O2P2/c1-5-7-31-59(32-8-6-2)61-51-57(3)73-63(53-61)55-76-71-47-27-28-48-72(71)77-56-64-54-62(52-58(4)74(64)79-75(76,77)78-73)60(33-29-49-80(65-35-15-9-16-36-65,66-37-17-10-18-38-66)67-39-19-11-20-40-67)34-30-50-81(68-41-21-12-22-42-68,69-43-23-13-24-44-69)70-45-25-14-26-46-70/h9-26,35-46,51-56,59-60,71-72H,5-8,27-34,47-50H2,1-4H3/q+4. The number of ether oxygens (including phenoxy) is 2. The van der Waals surface area contributed by atoms with Crippen molar-refractivity contribution < 1.29 is 18.6 Å². The molecule has 3 aliphatic heterocycles. The fourth-order valence-corrected chi connectivity index (χ4v) is 23.6. The Labute approximate surface area is 485 Å². The summed E-state index contributed by atoms with van der Waals surface area (Å²) in [5, 5.41) is 8.73. The van der Waals surface area contributed by atoms with Crippen molar-refractivity contribution in [2.45, 2.75) is 148 Å². The Bertz CT molecular complexity index is 3130. The first-order chi connectivity index (χ1) is 39.9. The van der Waals surface area contributed by atoms with E-state index in [1.54, 1.807) is 0 Å². The van der Waals surface area contributed by atoms with Gasteiger partial charge in [-0.2, -0.15) is 0 Å². The van der Waals surface area contributed by atoms with Gasteiger partial charge >= 0.3 is 6.03 Å². The maximum Gasteiger partial charge on any atom is 0.704 e. The lowest BCUT2D eigenvalue weighted by Gasteiger charge is -2.31. The van der Waals surface area contributed by atoms with E-state index in [-0.39, 0.29) is 6.04 Å². The molecule has 3 heterocycles. The van der Waals surface area contributed by atoms with Crippen molar-refractivity contribution >= 4 is 58.8 Å². The molecule has 12 rings (SSSR count). The molecule has 1 spiro atoms. The van der Waals surface area contributed by atoms with E-state index in [1.807, 2.05) is 0 Å². The molecule has 81 heavy (non-hydrogen) atoms. The highest BCUT2D eigenvalue weighted by Crippen LogP contribution is 2.58. The predicted molar refractivity (Wildman–Crippen MR) is 346 cm³/mol. The molecule has 0 N–H and O–H groups in total. The zero-order valence-electron chi connectivity index (χ0n) is 48.5. The summed E-state index contributed by atoms with van der Waals surface area (Å²) < 4.78 is 20.2. The number of unbranched alkanes of at least 4 members (excludes halogenated alkanes) is 2. The van der Waals surface area contributed by atoms with Crippen molar-refractivity contribution in [3.63, 3.8) is 0 Å². The Morgan fingerprint density at radius 2 is 0.716 bits per heavy atom. The van der Waals surface area contributed by atoms with Crippen LogP contribution in [0.1, 0.15) is 149 Å². The van der Waals surface area contributed by atoms with Gasteiger partial charge in [0.05, 0.1) is 23.5 Å². The molecule has 0 bridgehead atoms. The summed E-state index contributed by atoms with van der Waals surface area (Å²) >= 11 is 0. The van der Waals surface area contributed by atoms with E-state index in [4.69, 9.17) is 9.47 Å². The van der Waals surface area contributed by atoms with Gasteiger partial charge in [0.2, 0.25) is 12.1 Å². The van der Waals surface area contributed by atoms with Crippen molar-refractivity contribution in [2.24, 2.45) is 0 Å². The van der Waals surface area contributed by atoms with E-state index in [9.17, 15) is 0 Å². The molecule has 1 saturated carbocycles.